The van der Waals surface area contributed by atoms with Gasteiger partial charge in [0.15, 0.2) is 0 Å². The van der Waals surface area contributed by atoms with E-state index in [0.717, 1.165) is 12.5 Å². The third-order valence-electron chi connectivity index (χ3n) is 4.23. The Balaban J connectivity index is 2.97. The van der Waals surface area contributed by atoms with Crippen LogP contribution in [0, 0.1) is 19.8 Å². The van der Waals surface area contributed by atoms with Crippen molar-refractivity contribution in [3.63, 3.8) is 0 Å². The van der Waals surface area contributed by atoms with Crippen LogP contribution in [0.15, 0.2) is 16.6 Å². The molecule has 0 amide bonds. The summed E-state index contributed by atoms with van der Waals surface area (Å²) in [6, 6.07) is 5.17. The molecule has 1 atom stereocenters. The first-order valence-corrected chi connectivity index (χ1v) is 8.82. The van der Waals surface area contributed by atoms with E-state index < -0.39 is 0 Å². The van der Waals surface area contributed by atoms with Gasteiger partial charge in [0.1, 0.15) is 0 Å². The van der Waals surface area contributed by atoms with Gasteiger partial charge in [0, 0.05) is 10.5 Å². The molecule has 1 aromatic rings. The summed E-state index contributed by atoms with van der Waals surface area (Å²) in [6.45, 7) is 12.3. The summed E-state index contributed by atoms with van der Waals surface area (Å²) in [5, 5.41) is 3.74. The van der Waals surface area contributed by atoms with Crippen molar-refractivity contribution in [2.75, 3.05) is 6.54 Å². The first kappa shape index (κ1) is 17.7. The highest BCUT2D eigenvalue weighted by molar-refractivity contribution is 9.10. The molecule has 0 aliphatic carbocycles. The minimum Gasteiger partial charge on any atom is -0.310 e. The summed E-state index contributed by atoms with van der Waals surface area (Å²) in [4.78, 5) is 0. The predicted octanol–water partition coefficient (Wildman–Crippen LogP) is 5.93. The minimum atomic E-state index is 0.491. The third-order valence-corrected chi connectivity index (χ3v) is 5.48. The molecule has 0 aromatic heterocycles. The van der Waals surface area contributed by atoms with Crippen LogP contribution >= 0.6 is 15.9 Å². The minimum absolute atomic E-state index is 0.491. The van der Waals surface area contributed by atoms with Crippen molar-refractivity contribution in [2.24, 2.45) is 5.92 Å². The van der Waals surface area contributed by atoms with E-state index in [0.29, 0.717) is 6.04 Å². The summed E-state index contributed by atoms with van der Waals surface area (Å²) in [5.74, 6) is 0.814. The van der Waals surface area contributed by atoms with Crippen LogP contribution in [0.5, 0.6) is 0 Å². The number of halogens is 1. The van der Waals surface area contributed by atoms with Gasteiger partial charge in [0.25, 0.3) is 0 Å². The second kappa shape index (κ2) is 8.84. The average molecular weight is 340 g/mol. The molecule has 1 unspecified atom stereocenters. The molecule has 0 heterocycles. The van der Waals surface area contributed by atoms with E-state index in [1.54, 1.807) is 0 Å². The van der Waals surface area contributed by atoms with Crippen LogP contribution in [0.25, 0.3) is 0 Å². The lowest BCUT2D eigenvalue weighted by molar-refractivity contribution is 0.371. The van der Waals surface area contributed by atoms with Crippen molar-refractivity contribution in [1.29, 1.82) is 0 Å². The Morgan fingerprint density at radius 3 is 2.05 bits per heavy atom. The molecule has 0 spiro atoms. The van der Waals surface area contributed by atoms with Crippen molar-refractivity contribution in [2.45, 2.75) is 66.3 Å². The molecule has 114 valence electrons. The molecule has 1 N–H and O–H groups in total. The molecule has 1 aromatic carbocycles. The van der Waals surface area contributed by atoms with Crippen LogP contribution in [0.1, 0.15) is 69.2 Å². The molecular formula is C18H30BrN. The van der Waals surface area contributed by atoms with Gasteiger partial charge in [-0.05, 0) is 55.8 Å². The fraction of sp³-hybridized carbons (Fsp3) is 0.667. The first-order valence-electron chi connectivity index (χ1n) is 8.03. The number of benzene rings is 1. The molecule has 0 bridgehead atoms. The zero-order valence-electron chi connectivity index (χ0n) is 13.7. The van der Waals surface area contributed by atoms with Gasteiger partial charge in [0.2, 0.25) is 0 Å². The molecule has 1 nitrogen and oxygen atoms in total. The lowest BCUT2D eigenvalue weighted by atomic mass is 9.90. The van der Waals surface area contributed by atoms with Gasteiger partial charge >= 0.3 is 0 Å². The summed E-state index contributed by atoms with van der Waals surface area (Å²) in [5.41, 5.74) is 4.13. The molecule has 0 radical (unpaired) electrons. The van der Waals surface area contributed by atoms with Gasteiger partial charge in [-0.3, -0.25) is 0 Å². The zero-order chi connectivity index (χ0) is 15.1. The van der Waals surface area contributed by atoms with Gasteiger partial charge in [-0.2, -0.15) is 0 Å². The van der Waals surface area contributed by atoms with E-state index in [2.05, 4.69) is 68.0 Å². The van der Waals surface area contributed by atoms with Gasteiger partial charge in [-0.25, -0.2) is 0 Å². The molecule has 0 saturated heterocycles. The van der Waals surface area contributed by atoms with Crippen LogP contribution < -0.4 is 5.32 Å². The van der Waals surface area contributed by atoms with Crippen LogP contribution in [0.3, 0.4) is 0 Å². The molecular weight excluding hydrogens is 310 g/mol. The Kier molecular flexibility index (Phi) is 7.83. The van der Waals surface area contributed by atoms with Crippen molar-refractivity contribution in [3.8, 4) is 0 Å². The Hall–Kier alpha value is -0.340. The van der Waals surface area contributed by atoms with Gasteiger partial charge in [-0.1, -0.05) is 61.7 Å². The average Bonchev–Trinajstić information content (AvgIpc) is 2.44. The Morgan fingerprint density at radius 1 is 1.05 bits per heavy atom. The molecule has 1 rings (SSSR count). The molecule has 20 heavy (non-hydrogen) atoms. The van der Waals surface area contributed by atoms with Crippen LogP contribution in [0.2, 0.25) is 0 Å². The second-order valence-electron chi connectivity index (χ2n) is 5.89. The van der Waals surface area contributed by atoms with Crippen LogP contribution in [-0.2, 0) is 0 Å². The fourth-order valence-corrected chi connectivity index (χ4v) is 3.02. The summed E-state index contributed by atoms with van der Waals surface area (Å²) in [6.07, 6.45) is 4.98. The van der Waals surface area contributed by atoms with E-state index in [1.807, 2.05) is 0 Å². The van der Waals surface area contributed by atoms with Crippen molar-refractivity contribution in [1.82, 2.24) is 5.32 Å². The molecule has 0 aliphatic rings. The maximum Gasteiger partial charge on any atom is 0.0323 e. The Morgan fingerprint density at radius 2 is 1.60 bits per heavy atom. The number of nitrogens with one attached hydrogen (secondary N) is 1. The maximum absolute atomic E-state index is 3.74. The standard InChI is InChI=1S/C18H30BrN/c1-6-9-20-17(12-15(7-2)8-3)16-10-13(4)18(19)14(5)11-16/h10-11,15,17,20H,6-9,12H2,1-5H3. The highest BCUT2D eigenvalue weighted by Gasteiger charge is 2.17. The summed E-state index contributed by atoms with van der Waals surface area (Å²) < 4.78 is 1.25. The maximum atomic E-state index is 3.74. The van der Waals surface area contributed by atoms with Crippen molar-refractivity contribution < 1.29 is 0 Å². The molecule has 0 saturated carbocycles. The van der Waals surface area contributed by atoms with Crippen molar-refractivity contribution >= 4 is 15.9 Å². The number of aryl methyl sites for hydroxylation is 2. The normalized spacial score (nSPS) is 12.9. The zero-order valence-corrected chi connectivity index (χ0v) is 15.3. The van der Waals surface area contributed by atoms with E-state index in [-0.39, 0.29) is 0 Å². The summed E-state index contributed by atoms with van der Waals surface area (Å²) >= 11 is 3.67. The highest BCUT2D eigenvalue weighted by atomic mass is 79.9. The lowest BCUT2D eigenvalue weighted by Gasteiger charge is -2.24. The first-order chi connectivity index (χ1) is 9.53. The molecule has 0 fully saturated rings. The fourth-order valence-electron chi connectivity index (χ4n) is 2.79. The second-order valence-corrected chi connectivity index (χ2v) is 6.69. The van der Waals surface area contributed by atoms with E-state index >= 15 is 0 Å². The van der Waals surface area contributed by atoms with E-state index in [1.165, 1.54) is 46.8 Å². The van der Waals surface area contributed by atoms with Gasteiger partial charge in [-0.15, -0.1) is 0 Å². The molecule has 2 heteroatoms. The topological polar surface area (TPSA) is 12.0 Å². The predicted molar refractivity (Wildman–Crippen MR) is 93.3 cm³/mol. The third kappa shape index (κ3) is 4.89. The van der Waals surface area contributed by atoms with Crippen molar-refractivity contribution in [3.05, 3.63) is 33.3 Å². The number of rotatable bonds is 8. The highest BCUT2D eigenvalue weighted by Crippen LogP contribution is 2.30. The largest absolute Gasteiger partial charge is 0.310 e. The lowest BCUT2D eigenvalue weighted by Crippen LogP contribution is -2.24. The Bertz CT molecular complexity index is 387. The van der Waals surface area contributed by atoms with Gasteiger partial charge in [0.05, 0.1) is 0 Å². The van der Waals surface area contributed by atoms with E-state index in [9.17, 15) is 0 Å². The van der Waals surface area contributed by atoms with Gasteiger partial charge < -0.3 is 5.32 Å². The Labute approximate surface area is 133 Å². The number of hydrogen-bond donors (Lipinski definition) is 1. The van der Waals surface area contributed by atoms with Crippen LogP contribution in [-0.4, -0.2) is 6.54 Å². The SMILES string of the molecule is CCCNC(CC(CC)CC)c1cc(C)c(Br)c(C)c1. The molecule has 0 aliphatic heterocycles. The van der Waals surface area contributed by atoms with E-state index in [4.69, 9.17) is 0 Å². The monoisotopic (exact) mass is 339 g/mol. The summed E-state index contributed by atoms with van der Waals surface area (Å²) in [7, 11) is 0. The quantitative estimate of drug-likeness (QED) is 0.618. The smallest absolute Gasteiger partial charge is 0.0323 e. The number of hydrogen-bond acceptors (Lipinski definition) is 1. The van der Waals surface area contributed by atoms with Crippen LogP contribution in [0.4, 0.5) is 0 Å².